The number of carbonyl (C=O) groups excluding carboxylic acids is 1. The van der Waals surface area contributed by atoms with Crippen molar-refractivity contribution in [2.75, 3.05) is 6.54 Å². The second kappa shape index (κ2) is 6.38. The van der Waals surface area contributed by atoms with Crippen molar-refractivity contribution in [3.8, 4) is 0 Å². The Balaban J connectivity index is 2.38. The van der Waals surface area contributed by atoms with Gasteiger partial charge in [0, 0.05) is 16.3 Å². The summed E-state index contributed by atoms with van der Waals surface area (Å²) in [7, 11) is 0. The van der Waals surface area contributed by atoms with E-state index in [1.165, 1.54) is 10.4 Å². The molecule has 1 atom stereocenters. The zero-order chi connectivity index (χ0) is 14.6. The number of thiophene rings is 1. The van der Waals surface area contributed by atoms with Crippen molar-refractivity contribution in [3.63, 3.8) is 0 Å². The molecule has 19 heavy (non-hydrogen) atoms. The van der Waals surface area contributed by atoms with Gasteiger partial charge >= 0.3 is 6.18 Å². The molecule has 0 radical (unpaired) electrons. The molecule has 1 heterocycles. The van der Waals surface area contributed by atoms with Crippen molar-refractivity contribution in [3.05, 3.63) is 21.4 Å². The highest BCUT2D eigenvalue weighted by Crippen LogP contribution is 2.20. The maximum absolute atomic E-state index is 11.9. The van der Waals surface area contributed by atoms with Crippen LogP contribution in [0.5, 0.6) is 0 Å². The Morgan fingerprint density at radius 1 is 1.42 bits per heavy atom. The van der Waals surface area contributed by atoms with E-state index in [-0.39, 0.29) is 0 Å². The molecule has 2 N–H and O–H groups in total. The lowest BCUT2D eigenvalue weighted by molar-refractivity contribution is -0.139. The van der Waals surface area contributed by atoms with Crippen molar-refractivity contribution in [1.29, 1.82) is 0 Å². The van der Waals surface area contributed by atoms with Gasteiger partial charge in [-0.15, -0.1) is 11.3 Å². The van der Waals surface area contributed by atoms with Crippen molar-refractivity contribution >= 4 is 17.2 Å². The van der Waals surface area contributed by atoms with E-state index in [9.17, 15) is 18.0 Å². The molecule has 7 heteroatoms. The Labute approximate surface area is 114 Å². The molecule has 0 aliphatic heterocycles. The summed E-state index contributed by atoms with van der Waals surface area (Å²) in [5, 5.41) is 4.76. The van der Waals surface area contributed by atoms with E-state index in [0.717, 1.165) is 4.88 Å². The molecule has 0 fully saturated rings. The summed E-state index contributed by atoms with van der Waals surface area (Å²) < 4.78 is 35.8. The van der Waals surface area contributed by atoms with Crippen molar-refractivity contribution in [2.45, 2.75) is 39.5 Å². The van der Waals surface area contributed by atoms with Crippen LogP contribution in [-0.4, -0.2) is 24.7 Å². The van der Waals surface area contributed by atoms with Crippen LogP contribution in [0.3, 0.4) is 0 Å². The number of alkyl halides is 3. The molecule has 1 unspecified atom stereocenters. The van der Waals surface area contributed by atoms with Gasteiger partial charge in [0.15, 0.2) is 0 Å². The molecule has 3 nitrogen and oxygen atoms in total. The van der Waals surface area contributed by atoms with Crippen LogP contribution in [0, 0.1) is 13.8 Å². The third-order valence-corrected chi connectivity index (χ3v) is 3.81. The van der Waals surface area contributed by atoms with Crippen LogP contribution in [-0.2, 0) is 11.3 Å². The fourth-order valence-corrected chi connectivity index (χ4v) is 2.43. The number of hydrogen-bond acceptors (Lipinski definition) is 3. The molecule has 0 bridgehead atoms. The topological polar surface area (TPSA) is 41.1 Å². The molecule has 0 saturated heterocycles. The highest BCUT2D eigenvalue weighted by atomic mass is 32.1. The summed E-state index contributed by atoms with van der Waals surface area (Å²) in [6.45, 7) is 4.71. The van der Waals surface area contributed by atoms with Crippen LogP contribution >= 0.6 is 11.3 Å². The highest BCUT2D eigenvalue weighted by Gasteiger charge is 2.28. The number of aryl methyl sites for hydroxylation is 2. The van der Waals surface area contributed by atoms with Crippen LogP contribution in [0.4, 0.5) is 13.2 Å². The number of halogens is 3. The van der Waals surface area contributed by atoms with Gasteiger partial charge in [0.2, 0.25) is 5.91 Å². The highest BCUT2D eigenvalue weighted by molar-refractivity contribution is 7.12. The summed E-state index contributed by atoms with van der Waals surface area (Å²) in [5.41, 5.74) is 1.18. The van der Waals surface area contributed by atoms with E-state index in [1.54, 1.807) is 18.3 Å². The van der Waals surface area contributed by atoms with Crippen LogP contribution in [0.1, 0.15) is 22.2 Å². The minimum Gasteiger partial charge on any atom is -0.346 e. The predicted octanol–water partition coefficient (Wildman–Crippen LogP) is 2.52. The Bertz CT molecular complexity index is 423. The van der Waals surface area contributed by atoms with Crippen molar-refractivity contribution in [1.82, 2.24) is 10.6 Å². The van der Waals surface area contributed by atoms with Gasteiger partial charge in [-0.1, -0.05) is 0 Å². The predicted molar refractivity (Wildman–Crippen MR) is 69.2 cm³/mol. The Morgan fingerprint density at radius 3 is 2.53 bits per heavy atom. The monoisotopic (exact) mass is 294 g/mol. The first-order valence-corrected chi connectivity index (χ1v) is 6.64. The maximum Gasteiger partial charge on any atom is 0.405 e. The van der Waals surface area contributed by atoms with Crippen LogP contribution in [0.15, 0.2) is 6.07 Å². The summed E-state index contributed by atoms with van der Waals surface area (Å²) in [5.74, 6) is -0.651. The molecule has 0 saturated carbocycles. The van der Waals surface area contributed by atoms with Gasteiger partial charge in [-0.05, 0) is 32.4 Å². The second-order valence-electron chi connectivity index (χ2n) is 4.39. The Morgan fingerprint density at radius 2 is 2.05 bits per heavy atom. The zero-order valence-corrected chi connectivity index (χ0v) is 11.8. The molecular formula is C12H17F3N2OS. The second-order valence-corrected chi connectivity index (χ2v) is 5.73. The number of nitrogens with one attached hydrogen (secondary N) is 2. The lowest BCUT2D eigenvalue weighted by Crippen LogP contribution is -2.44. The molecule has 1 amide bonds. The first-order valence-electron chi connectivity index (χ1n) is 5.83. The SMILES string of the molecule is Cc1cc(CNC(C)C(=O)NCC(F)(F)F)sc1C. The molecule has 0 aromatic carbocycles. The minimum atomic E-state index is -4.38. The first-order chi connectivity index (χ1) is 8.69. The molecule has 108 valence electrons. The van der Waals surface area contributed by atoms with Gasteiger partial charge in [-0.2, -0.15) is 13.2 Å². The summed E-state index contributed by atoms with van der Waals surface area (Å²) in [4.78, 5) is 13.7. The quantitative estimate of drug-likeness (QED) is 0.876. The standard InChI is InChI=1S/C12H17F3N2OS/c1-7-4-10(19-9(7)3)5-16-8(2)11(18)17-6-12(13,14)15/h4,8,16H,5-6H2,1-3H3,(H,17,18). The van der Waals surface area contributed by atoms with Crippen molar-refractivity contribution < 1.29 is 18.0 Å². The van der Waals surface area contributed by atoms with Crippen molar-refractivity contribution in [2.24, 2.45) is 0 Å². The van der Waals surface area contributed by atoms with Gasteiger partial charge in [-0.3, -0.25) is 4.79 Å². The summed E-state index contributed by atoms with van der Waals surface area (Å²) in [6.07, 6.45) is -4.38. The molecule has 0 aliphatic rings. The van der Waals surface area contributed by atoms with E-state index in [0.29, 0.717) is 6.54 Å². The normalized spacial score (nSPS) is 13.4. The third-order valence-electron chi connectivity index (χ3n) is 2.66. The molecule has 1 rings (SSSR count). The van der Waals surface area contributed by atoms with Crippen LogP contribution < -0.4 is 10.6 Å². The van der Waals surface area contributed by atoms with Gasteiger partial charge in [0.25, 0.3) is 0 Å². The lowest BCUT2D eigenvalue weighted by atomic mass is 10.2. The number of hydrogen-bond donors (Lipinski definition) is 2. The summed E-state index contributed by atoms with van der Waals surface area (Å²) >= 11 is 1.61. The molecule has 0 spiro atoms. The average molecular weight is 294 g/mol. The van der Waals surface area contributed by atoms with Gasteiger partial charge in [-0.25, -0.2) is 0 Å². The fourth-order valence-electron chi connectivity index (χ4n) is 1.42. The molecule has 0 aliphatic carbocycles. The molecule has 1 aromatic heterocycles. The van der Waals surface area contributed by atoms with Gasteiger partial charge in [0.1, 0.15) is 6.54 Å². The zero-order valence-electron chi connectivity index (χ0n) is 11.0. The fraction of sp³-hybridized carbons (Fsp3) is 0.583. The number of amides is 1. The Kier molecular flexibility index (Phi) is 5.37. The van der Waals surface area contributed by atoms with E-state index < -0.39 is 24.7 Å². The van der Waals surface area contributed by atoms with Crippen LogP contribution in [0.25, 0.3) is 0 Å². The molecule has 1 aromatic rings. The third kappa shape index (κ3) is 5.61. The van der Waals surface area contributed by atoms with Gasteiger partial charge in [0.05, 0.1) is 6.04 Å². The largest absolute Gasteiger partial charge is 0.405 e. The molecular weight excluding hydrogens is 277 g/mol. The van der Waals surface area contributed by atoms with E-state index >= 15 is 0 Å². The smallest absolute Gasteiger partial charge is 0.346 e. The Hall–Kier alpha value is -1.08. The van der Waals surface area contributed by atoms with Gasteiger partial charge < -0.3 is 10.6 Å². The first kappa shape index (κ1) is 16.0. The number of carbonyl (C=O) groups is 1. The van der Waals surface area contributed by atoms with E-state index in [1.807, 2.05) is 25.2 Å². The minimum absolute atomic E-state index is 0.472. The van der Waals surface area contributed by atoms with E-state index in [4.69, 9.17) is 0 Å². The lowest BCUT2D eigenvalue weighted by Gasteiger charge is -2.14. The van der Waals surface area contributed by atoms with E-state index in [2.05, 4.69) is 5.32 Å². The summed E-state index contributed by atoms with van der Waals surface area (Å²) in [6, 6.07) is 1.35. The van der Waals surface area contributed by atoms with Crippen LogP contribution in [0.2, 0.25) is 0 Å². The number of rotatable bonds is 5. The maximum atomic E-state index is 11.9. The average Bonchev–Trinajstić information content (AvgIpc) is 2.61.